The molecular weight excluding hydrogens is 586 g/mol. The molecule has 1 atom stereocenters. The van der Waals surface area contributed by atoms with E-state index in [1.54, 1.807) is 12.1 Å². The number of aromatic nitrogens is 3. The Morgan fingerprint density at radius 1 is 1.07 bits per heavy atom. The number of halogens is 6. The fraction of sp³-hybridized carbons (Fsp3) is 0.321. The molecule has 0 saturated carbocycles. The fourth-order valence-electron chi connectivity index (χ4n) is 4.76. The first kappa shape index (κ1) is 29.9. The van der Waals surface area contributed by atoms with Gasteiger partial charge in [0.15, 0.2) is 5.49 Å². The van der Waals surface area contributed by atoms with Crippen LogP contribution in [0.1, 0.15) is 51.6 Å². The highest BCUT2D eigenvalue weighted by Gasteiger charge is 2.37. The zero-order valence-corrected chi connectivity index (χ0v) is 22.3. The van der Waals surface area contributed by atoms with Crippen LogP contribution in [0.15, 0.2) is 58.4 Å². The normalized spacial score (nSPS) is 16.3. The van der Waals surface area contributed by atoms with Crippen molar-refractivity contribution in [1.29, 1.82) is 0 Å². The number of pyridine rings is 2. The molecular formula is C28H22F6N4O5. The van der Waals surface area contributed by atoms with E-state index >= 15 is 0 Å². The number of hydrogen-bond donors (Lipinski definition) is 0. The van der Waals surface area contributed by atoms with Gasteiger partial charge in [-0.25, -0.2) is 9.78 Å². The van der Waals surface area contributed by atoms with Gasteiger partial charge in [0, 0.05) is 18.4 Å². The molecule has 1 aromatic carbocycles. The number of esters is 1. The fourth-order valence-corrected chi connectivity index (χ4v) is 4.76. The van der Waals surface area contributed by atoms with Gasteiger partial charge in [0.1, 0.15) is 16.9 Å². The van der Waals surface area contributed by atoms with E-state index in [0.29, 0.717) is 19.4 Å². The number of carbonyl (C=O) groups is 2. The average Bonchev–Trinajstić information content (AvgIpc) is 3.46. The first-order chi connectivity index (χ1) is 20.3. The standard InChI is InChI=1S/C28H22F6N4O5/c1-2-42-26(41)20-13-19-22(35-21-7-3-4-8-37(21)25(19)40)38(14-18-6-5-9-43-18)23(20)36-24(39)15-10-16(27(29,30)31)12-17(11-15)28(32,33)34/h3-4,7-8,10-13,18H,2,5-6,9,14H2,1H3. The van der Waals surface area contributed by atoms with E-state index in [9.17, 15) is 40.7 Å². The predicted molar refractivity (Wildman–Crippen MR) is 138 cm³/mol. The summed E-state index contributed by atoms with van der Waals surface area (Å²) in [7, 11) is 0. The number of amides is 1. The number of rotatable bonds is 5. The monoisotopic (exact) mass is 608 g/mol. The minimum Gasteiger partial charge on any atom is -0.462 e. The molecule has 0 aliphatic carbocycles. The van der Waals surface area contributed by atoms with Crippen molar-refractivity contribution in [3.05, 3.63) is 86.8 Å². The van der Waals surface area contributed by atoms with Crippen LogP contribution in [-0.4, -0.2) is 45.1 Å². The quantitative estimate of drug-likeness (QED) is 0.184. The summed E-state index contributed by atoms with van der Waals surface area (Å²) >= 11 is 0. The molecule has 1 amide bonds. The van der Waals surface area contributed by atoms with Crippen molar-refractivity contribution in [2.24, 2.45) is 4.99 Å². The van der Waals surface area contributed by atoms with Gasteiger partial charge in [-0.05, 0) is 56.2 Å². The van der Waals surface area contributed by atoms with Crippen LogP contribution in [0.2, 0.25) is 0 Å². The highest BCUT2D eigenvalue weighted by molar-refractivity contribution is 5.97. The number of nitrogens with zero attached hydrogens (tertiary/aromatic N) is 4. The van der Waals surface area contributed by atoms with Crippen LogP contribution in [0, 0.1) is 0 Å². The van der Waals surface area contributed by atoms with Crippen LogP contribution in [0.4, 0.5) is 26.3 Å². The van der Waals surface area contributed by atoms with Crippen molar-refractivity contribution in [2.45, 2.75) is 44.8 Å². The lowest BCUT2D eigenvalue weighted by molar-refractivity contribution is -0.143. The molecule has 43 heavy (non-hydrogen) atoms. The summed E-state index contributed by atoms with van der Waals surface area (Å²) in [6.45, 7) is 1.66. The Kier molecular flexibility index (Phi) is 7.86. The maximum absolute atomic E-state index is 13.5. The first-order valence-corrected chi connectivity index (χ1v) is 13.0. The summed E-state index contributed by atoms with van der Waals surface area (Å²) < 4.78 is 94.2. The van der Waals surface area contributed by atoms with Gasteiger partial charge in [0.25, 0.3) is 11.5 Å². The number of benzene rings is 1. The molecule has 1 aliphatic rings. The molecule has 1 fully saturated rings. The summed E-state index contributed by atoms with van der Waals surface area (Å²) in [4.78, 5) is 48.2. The third-order valence-electron chi connectivity index (χ3n) is 6.74. The maximum Gasteiger partial charge on any atom is 0.416 e. The highest BCUT2D eigenvalue weighted by Crippen LogP contribution is 2.36. The van der Waals surface area contributed by atoms with E-state index in [2.05, 4.69) is 9.98 Å². The smallest absolute Gasteiger partial charge is 0.416 e. The van der Waals surface area contributed by atoms with Crippen LogP contribution in [0.5, 0.6) is 0 Å². The third-order valence-corrected chi connectivity index (χ3v) is 6.74. The van der Waals surface area contributed by atoms with Gasteiger partial charge in [0.05, 0.1) is 35.8 Å². The van der Waals surface area contributed by atoms with E-state index in [1.807, 2.05) is 0 Å². The Bertz CT molecular complexity index is 1840. The van der Waals surface area contributed by atoms with Crippen LogP contribution in [0.25, 0.3) is 16.7 Å². The van der Waals surface area contributed by atoms with Crippen molar-refractivity contribution in [3.63, 3.8) is 0 Å². The molecule has 1 unspecified atom stereocenters. The lowest BCUT2D eigenvalue weighted by Gasteiger charge is -2.18. The summed E-state index contributed by atoms with van der Waals surface area (Å²) in [6.07, 6.45) is -8.23. The molecule has 9 nitrogen and oxygen atoms in total. The topological polar surface area (TPSA) is 104 Å². The van der Waals surface area contributed by atoms with E-state index in [0.717, 1.165) is 6.07 Å². The molecule has 0 spiro atoms. The van der Waals surface area contributed by atoms with E-state index in [4.69, 9.17) is 9.47 Å². The van der Waals surface area contributed by atoms with Gasteiger partial charge in [0.2, 0.25) is 0 Å². The van der Waals surface area contributed by atoms with Crippen molar-refractivity contribution in [3.8, 4) is 0 Å². The molecule has 0 radical (unpaired) electrons. The van der Waals surface area contributed by atoms with Crippen molar-refractivity contribution >= 4 is 28.6 Å². The third kappa shape index (κ3) is 6.02. The van der Waals surface area contributed by atoms with Gasteiger partial charge in [-0.2, -0.15) is 31.3 Å². The predicted octanol–water partition coefficient (Wildman–Crippen LogP) is 4.78. The highest BCUT2D eigenvalue weighted by atomic mass is 19.4. The van der Waals surface area contributed by atoms with Crippen LogP contribution in [-0.2, 0) is 28.4 Å². The van der Waals surface area contributed by atoms with Gasteiger partial charge in [-0.3, -0.25) is 14.0 Å². The molecule has 15 heteroatoms. The van der Waals surface area contributed by atoms with E-state index in [1.165, 1.54) is 28.2 Å². The zero-order valence-electron chi connectivity index (χ0n) is 22.3. The Morgan fingerprint density at radius 3 is 2.37 bits per heavy atom. The molecule has 3 aromatic heterocycles. The SMILES string of the molecule is CCOC(=O)c1cc2c(=O)n3ccccc3nc2n(CC2CCCO2)c1=NC(=O)c1cc(C(F)(F)F)cc(C(F)(F)F)c1. The summed E-state index contributed by atoms with van der Waals surface area (Å²) in [6, 6.07) is 6.20. The molecule has 1 aliphatic heterocycles. The minimum absolute atomic E-state index is 0.0358. The molecule has 5 rings (SSSR count). The molecule has 0 bridgehead atoms. The van der Waals surface area contributed by atoms with Crippen LogP contribution >= 0.6 is 0 Å². The van der Waals surface area contributed by atoms with Crippen LogP contribution < -0.4 is 11.0 Å². The maximum atomic E-state index is 13.5. The second-order valence-electron chi connectivity index (χ2n) is 9.64. The second-order valence-corrected chi connectivity index (χ2v) is 9.64. The molecule has 4 aromatic rings. The van der Waals surface area contributed by atoms with Crippen molar-refractivity contribution in [2.75, 3.05) is 13.2 Å². The second kappa shape index (κ2) is 11.3. The van der Waals surface area contributed by atoms with E-state index < -0.39 is 63.6 Å². The Hall–Kier alpha value is -4.53. The van der Waals surface area contributed by atoms with Crippen molar-refractivity contribution < 1.29 is 45.4 Å². The Balaban J connectivity index is 1.84. The molecule has 1 saturated heterocycles. The van der Waals surface area contributed by atoms with Gasteiger partial charge in [-0.15, -0.1) is 0 Å². The Morgan fingerprint density at radius 2 is 1.77 bits per heavy atom. The van der Waals surface area contributed by atoms with Crippen LogP contribution in [0.3, 0.4) is 0 Å². The van der Waals surface area contributed by atoms with Gasteiger partial charge >= 0.3 is 18.3 Å². The number of carbonyl (C=O) groups excluding carboxylic acids is 2. The zero-order chi connectivity index (χ0) is 31.1. The number of alkyl halides is 6. The van der Waals surface area contributed by atoms with E-state index in [-0.39, 0.29) is 48.0 Å². The average molecular weight is 608 g/mol. The number of hydrogen-bond acceptors (Lipinski definition) is 6. The van der Waals surface area contributed by atoms with Crippen molar-refractivity contribution in [1.82, 2.24) is 14.0 Å². The lowest BCUT2D eigenvalue weighted by atomic mass is 10.0. The summed E-state index contributed by atoms with van der Waals surface area (Å²) in [5.41, 5.74) is -5.76. The first-order valence-electron chi connectivity index (χ1n) is 13.0. The van der Waals surface area contributed by atoms with Gasteiger partial charge < -0.3 is 14.0 Å². The Labute approximate surface area is 238 Å². The lowest BCUT2D eigenvalue weighted by Crippen LogP contribution is -2.35. The van der Waals surface area contributed by atoms with Gasteiger partial charge in [-0.1, -0.05) is 6.07 Å². The largest absolute Gasteiger partial charge is 0.462 e. The molecule has 0 N–H and O–H groups in total. The summed E-state index contributed by atoms with van der Waals surface area (Å²) in [5.74, 6) is -2.53. The number of ether oxygens (including phenoxy) is 2. The summed E-state index contributed by atoms with van der Waals surface area (Å²) in [5, 5.41) is -0.0745. The molecule has 226 valence electrons. The molecule has 4 heterocycles. The number of fused-ring (bicyclic) bond motifs is 2. The minimum atomic E-state index is -5.21.